The van der Waals surface area contributed by atoms with Crippen LogP contribution in [0, 0.1) is 0 Å². The van der Waals surface area contributed by atoms with Crippen LogP contribution in [0.25, 0.3) is 0 Å². The molecule has 0 radical (unpaired) electrons. The third-order valence-electron chi connectivity index (χ3n) is 1.98. The highest BCUT2D eigenvalue weighted by Crippen LogP contribution is 2.13. The largest absolute Gasteiger partial charge is 0.442 e. The number of carbonyl (C=O) groups is 1. The SMILES string of the molecule is CC(=O)O[C@H]1C[C@H](C)NC(=S)N1C. The minimum absolute atomic E-state index is 0.221. The normalized spacial score (nSPS) is 28.2. The Hall–Kier alpha value is -0.840. The van der Waals surface area contributed by atoms with E-state index in [4.69, 9.17) is 17.0 Å². The van der Waals surface area contributed by atoms with Gasteiger partial charge in [-0.1, -0.05) is 0 Å². The zero-order chi connectivity index (χ0) is 10.0. The second kappa shape index (κ2) is 3.91. The first-order chi connectivity index (χ1) is 6.00. The van der Waals surface area contributed by atoms with Gasteiger partial charge in [-0.2, -0.15) is 0 Å². The molecule has 1 aliphatic heterocycles. The van der Waals surface area contributed by atoms with E-state index < -0.39 is 0 Å². The first-order valence-corrected chi connectivity index (χ1v) is 4.62. The molecule has 0 bridgehead atoms. The van der Waals surface area contributed by atoms with Crippen molar-refractivity contribution < 1.29 is 9.53 Å². The molecule has 1 rings (SSSR count). The molecule has 0 aromatic heterocycles. The van der Waals surface area contributed by atoms with Crippen LogP contribution in [0.1, 0.15) is 20.3 Å². The molecule has 0 aliphatic carbocycles. The molecule has 0 spiro atoms. The zero-order valence-electron chi connectivity index (χ0n) is 8.03. The number of hydrogen-bond donors (Lipinski definition) is 1. The summed E-state index contributed by atoms with van der Waals surface area (Å²) in [7, 11) is 1.81. The van der Waals surface area contributed by atoms with Crippen LogP contribution in [0.3, 0.4) is 0 Å². The molecule has 5 heteroatoms. The molecule has 74 valence electrons. The molecule has 0 unspecified atom stereocenters. The highest BCUT2D eigenvalue weighted by Gasteiger charge is 2.28. The number of rotatable bonds is 1. The molecule has 1 saturated heterocycles. The summed E-state index contributed by atoms with van der Waals surface area (Å²) >= 11 is 5.06. The molecule has 1 aliphatic rings. The maximum atomic E-state index is 10.8. The van der Waals surface area contributed by atoms with Crippen LogP contribution in [-0.2, 0) is 9.53 Å². The predicted octanol–water partition coefficient (Wildman–Crippen LogP) is 0.474. The van der Waals surface area contributed by atoms with Crippen molar-refractivity contribution in [3.8, 4) is 0 Å². The molecular weight excluding hydrogens is 188 g/mol. The van der Waals surface area contributed by atoms with E-state index in [9.17, 15) is 4.79 Å². The van der Waals surface area contributed by atoms with Gasteiger partial charge >= 0.3 is 5.97 Å². The summed E-state index contributed by atoms with van der Waals surface area (Å²) in [6, 6.07) is 0.257. The summed E-state index contributed by atoms with van der Waals surface area (Å²) in [6.07, 6.45) is 0.539. The van der Waals surface area contributed by atoms with Gasteiger partial charge in [0.2, 0.25) is 0 Å². The highest BCUT2D eigenvalue weighted by molar-refractivity contribution is 7.80. The topological polar surface area (TPSA) is 41.6 Å². The Kier molecular flexibility index (Phi) is 3.08. The van der Waals surface area contributed by atoms with E-state index in [1.807, 2.05) is 14.0 Å². The summed E-state index contributed by atoms with van der Waals surface area (Å²) in [4.78, 5) is 12.5. The third kappa shape index (κ3) is 2.55. The van der Waals surface area contributed by atoms with Crippen LogP contribution in [-0.4, -0.2) is 35.3 Å². The van der Waals surface area contributed by atoms with Gasteiger partial charge in [-0.3, -0.25) is 4.79 Å². The van der Waals surface area contributed by atoms with Gasteiger partial charge in [0.15, 0.2) is 11.3 Å². The highest BCUT2D eigenvalue weighted by atomic mass is 32.1. The summed E-state index contributed by atoms with van der Waals surface area (Å²) < 4.78 is 5.10. The van der Waals surface area contributed by atoms with Crippen molar-refractivity contribution in [1.82, 2.24) is 10.2 Å². The number of thiocarbonyl (C=S) groups is 1. The summed E-state index contributed by atoms with van der Waals surface area (Å²) in [5.41, 5.74) is 0. The Labute approximate surface area is 83.2 Å². The standard InChI is InChI=1S/C8H14N2O2S/c1-5-4-7(12-6(2)11)10(3)8(13)9-5/h5,7H,4H2,1-3H3,(H,9,13)/t5-,7-/m0/s1. The van der Waals surface area contributed by atoms with E-state index in [-0.39, 0.29) is 18.2 Å². The Bertz CT molecular complexity index is 232. The van der Waals surface area contributed by atoms with Crippen LogP contribution in [0.2, 0.25) is 0 Å². The minimum Gasteiger partial charge on any atom is -0.442 e. The monoisotopic (exact) mass is 202 g/mol. The second-order valence-corrected chi connectivity index (χ2v) is 3.65. The van der Waals surface area contributed by atoms with E-state index in [2.05, 4.69) is 5.32 Å². The number of ether oxygens (including phenoxy) is 1. The molecule has 0 amide bonds. The van der Waals surface area contributed by atoms with Crippen LogP contribution < -0.4 is 5.32 Å². The number of nitrogens with one attached hydrogen (secondary N) is 1. The third-order valence-corrected chi connectivity index (χ3v) is 2.39. The average molecular weight is 202 g/mol. The van der Waals surface area contributed by atoms with Crippen molar-refractivity contribution in [2.24, 2.45) is 0 Å². The predicted molar refractivity (Wildman–Crippen MR) is 53.1 cm³/mol. The molecule has 1 N–H and O–H groups in total. The van der Waals surface area contributed by atoms with Crippen molar-refractivity contribution in [2.75, 3.05) is 7.05 Å². The smallest absolute Gasteiger partial charge is 0.304 e. The van der Waals surface area contributed by atoms with Crippen molar-refractivity contribution in [3.63, 3.8) is 0 Å². The lowest BCUT2D eigenvalue weighted by molar-refractivity contribution is -0.153. The lowest BCUT2D eigenvalue weighted by atomic mass is 10.2. The number of nitrogens with zero attached hydrogens (tertiary/aromatic N) is 1. The lowest BCUT2D eigenvalue weighted by Crippen LogP contribution is -2.55. The van der Waals surface area contributed by atoms with E-state index in [0.717, 1.165) is 6.42 Å². The number of hydrogen-bond acceptors (Lipinski definition) is 3. The molecule has 4 nitrogen and oxygen atoms in total. The van der Waals surface area contributed by atoms with Gasteiger partial charge in [0, 0.05) is 26.4 Å². The fraction of sp³-hybridized carbons (Fsp3) is 0.750. The maximum absolute atomic E-state index is 10.8. The van der Waals surface area contributed by atoms with Gasteiger partial charge in [0.05, 0.1) is 0 Å². The summed E-state index contributed by atoms with van der Waals surface area (Å²) in [6.45, 7) is 3.42. The van der Waals surface area contributed by atoms with Gasteiger partial charge < -0.3 is 15.0 Å². The average Bonchev–Trinajstić information content (AvgIpc) is 1.98. The van der Waals surface area contributed by atoms with Gasteiger partial charge in [0.1, 0.15) is 0 Å². The van der Waals surface area contributed by atoms with Crippen LogP contribution >= 0.6 is 12.2 Å². The quantitative estimate of drug-likeness (QED) is 0.494. The molecule has 1 heterocycles. The molecule has 0 aromatic carbocycles. The maximum Gasteiger partial charge on any atom is 0.304 e. The Morgan fingerprint density at radius 3 is 2.92 bits per heavy atom. The van der Waals surface area contributed by atoms with Crippen LogP contribution in [0.5, 0.6) is 0 Å². The van der Waals surface area contributed by atoms with E-state index in [1.165, 1.54) is 6.92 Å². The van der Waals surface area contributed by atoms with E-state index >= 15 is 0 Å². The molecule has 13 heavy (non-hydrogen) atoms. The summed E-state index contributed by atoms with van der Waals surface area (Å²) in [5.74, 6) is -0.270. The molecule has 1 fully saturated rings. The molecular formula is C8H14N2O2S. The van der Waals surface area contributed by atoms with Crippen molar-refractivity contribution in [2.45, 2.75) is 32.5 Å². The molecule has 0 saturated carbocycles. The van der Waals surface area contributed by atoms with Gasteiger partial charge in [-0.05, 0) is 19.1 Å². The molecule has 2 atom stereocenters. The van der Waals surface area contributed by atoms with Gasteiger partial charge in [-0.25, -0.2) is 0 Å². The van der Waals surface area contributed by atoms with Crippen molar-refractivity contribution in [3.05, 3.63) is 0 Å². The van der Waals surface area contributed by atoms with Crippen molar-refractivity contribution >= 4 is 23.3 Å². The fourth-order valence-corrected chi connectivity index (χ4v) is 1.60. The Morgan fingerprint density at radius 1 is 1.77 bits per heavy atom. The zero-order valence-corrected chi connectivity index (χ0v) is 8.85. The van der Waals surface area contributed by atoms with Crippen molar-refractivity contribution in [1.29, 1.82) is 0 Å². The van der Waals surface area contributed by atoms with E-state index in [1.54, 1.807) is 4.90 Å². The first kappa shape index (κ1) is 10.2. The minimum atomic E-state index is -0.270. The van der Waals surface area contributed by atoms with E-state index in [0.29, 0.717) is 5.11 Å². The Morgan fingerprint density at radius 2 is 2.38 bits per heavy atom. The number of esters is 1. The fourth-order valence-electron chi connectivity index (χ4n) is 1.28. The first-order valence-electron chi connectivity index (χ1n) is 4.21. The Balaban J connectivity index is 2.60. The molecule has 0 aromatic rings. The van der Waals surface area contributed by atoms with Crippen LogP contribution in [0.4, 0.5) is 0 Å². The van der Waals surface area contributed by atoms with Crippen LogP contribution in [0.15, 0.2) is 0 Å². The van der Waals surface area contributed by atoms with Gasteiger partial charge in [0.25, 0.3) is 0 Å². The van der Waals surface area contributed by atoms with Gasteiger partial charge in [-0.15, -0.1) is 0 Å². The second-order valence-electron chi connectivity index (χ2n) is 3.26. The lowest BCUT2D eigenvalue weighted by Gasteiger charge is -2.37. The number of carbonyl (C=O) groups excluding carboxylic acids is 1. The summed E-state index contributed by atoms with van der Waals surface area (Å²) in [5, 5.41) is 3.73.